The van der Waals surface area contributed by atoms with E-state index in [1.807, 2.05) is 24.3 Å². The first-order valence-corrected chi connectivity index (χ1v) is 12.9. The lowest BCUT2D eigenvalue weighted by Crippen LogP contribution is -2.30. The van der Waals surface area contributed by atoms with Crippen LogP contribution in [-0.4, -0.2) is 0 Å². The van der Waals surface area contributed by atoms with E-state index in [1.54, 1.807) is 0 Å². The van der Waals surface area contributed by atoms with E-state index < -0.39 is 0 Å². The third kappa shape index (κ3) is 6.81. The number of hydrogen-bond donors (Lipinski definition) is 0. The Hall–Kier alpha value is -5.01. The largest absolute Gasteiger partial charge is 0.218 e. The van der Waals surface area contributed by atoms with Gasteiger partial charge in [0.15, 0.2) is 12.4 Å². The van der Waals surface area contributed by atoms with Crippen molar-refractivity contribution in [3.63, 3.8) is 0 Å². The molecule has 0 radical (unpaired) electrons. The van der Waals surface area contributed by atoms with Crippen molar-refractivity contribution in [1.82, 2.24) is 0 Å². The predicted octanol–water partition coefficient (Wildman–Crippen LogP) is 9.11. The van der Waals surface area contributed by atoms with E-state index in [9.17, 15) is 0 Å². The molecule has 5 aromatic rings. The molecule has 0 spiro atoms. The van der Waals surface area contributed by atoms with Crippen LogP contribution in [0, 0.1) is 0 Å². The van der Waals surface area contributed by atoms with Crippen LogP contribution in [0.3, 0.4) is 0 Å². The van der Waals surface area contributed by atoms with E-state index in [4.69, 9.17) is 0 Å². The molecule has 0 aliphatic heterocycles. The zero-order valence-corrected chi connectivity index (χ0v) is 21.3. The van der Waals surface area contributed by atoms with Gasteiger partial charge in [-0.05, 0) is 40.0 Å². The van der Waals surface area contributed by atoms with Crippen molar-refractivity contribution < 1.29 is 4.57 Å². The molecule has 1 nitrogen and oxygen atoms in total. The quantitative estimate of drug-likeness (QED) is 0.192. The van der Waals surface area contributed by atoms with Crippen molar-refractivity contribution in [2.24, 2.45) is 0 Å². The van der Waals surface area contributed by atoms with E-state index in [1.165, 1.54) is 11.1 Å². The maximum atomic E-state index is 2.22. The van der Waals surface area contributed by atoms with Crippen molar-refractivity contribution in [1.29, 1.82) is 0 Å². The topological polar surface area (TPSA) is 3.88 Å². The highest BCUT2D eigenvalue weighted by Gasteiger charge is 2.14. The van der Waals surface area contributed by atoms with Crippen molar-refractivity contribution in [3.8, 4) is 0 Å². The van der Waals surface area contributed by atoms with E-state index in [-0.39, 0.29) is 0 Å². The van der Waals surface area contributed by atoms with E-state index in [0.717, 1.165) is 27.9 Å². The van der Waals surface area contributed by atoms with Gasteiger partial charge in [0.1, 0.15) is 0 Å². The molecule has 0 unspecified atom stereocenters. The van der Waals surface area contributed by atoms with Crippen LogP contribution >= 0.6 is 0 Å². The van der Waals surface area contributed by atoms with Gasteiger partial charge in [-0.15, -0.1) is 0 Å². The van der Waals surface area contributed by atoms with Crippen LogP contribution in [0.2, 0.25) is 0 Å². The lowest BCUT2D eigenvalue weighted by Gasteiger charge is -2.06. The lowest BCUT2D eigenvalue weighted by atomic mass is 10.0. The van der Waals surface area contributed by atoms with Gasteiger partial charge in [0.2, 0.25) is 5.69 Å². The fraction of sp³-hybridized carbons (Fsp3) is 0. The van der Waals surface area contributed by atoms with Gasteiger partial charge >= 0.3 is 0 Å². The average Bonchev–Trinajstić information content (AvgIpc) is 2.99. The highest BCUT2D eigenvalue weighted by molar-refractivity contribution is 5.84. The molecule has 1 heteroatoms. The fourth-order valence-electron chi connectivity index (χ4n) is 4.21. The molecular weight excluding hydrogens is 458 g/mol. The Kier molecular flexibility index (Phi) is 8.31. The molecule has 1 aromatic heterocycles. The normalized spacial score (nSPS) is 11.8. The third-order valence-corrected chi connectivity index (χ3v) is 6.24. The van der Waals surface area contributed by atoms with Gasteiger partial charge in [-0.3, -0.25) is 0 Å². The molecule has 0 aliphatic rings. The van der Waals surface area contributed by atoms with Crippen molar-refractivity contribution in [2.75, 3.05) is 0 Å². The average molecular weight is 489 g/mol. The monoisotopic (exact) mass is 488 g/mol. The minimum Gasteiger partial charge on any atom is -0.167 e. The van der Waals surface area contributed by atoms with E-state index in [2.05, 4.69) is 163 Å². The molecule has 0 N–H and O–H groups in total. The van der Waals surface area contributed by atoms with Gasteiger partial charge in [-0.2, -0.15) is 4.57 Å². The Morgan fingerprint density at radius 2 is 0.789 bits per heavy atom. The molecule has 38 heavy (non-hydrogen) atoms. The van der Waals surface area contributed by atoms with Crippen LogP contribution in [0.25, 0.3) is 48.7 Å². The Balaban J connectivity index is 1.64. The van der Waals surface area contributed by atoms with E-state index in [0.29, 0.717) is 0 Å². The van der Waals surface area contributed by atoms with Gasteiger partial charge in [0.25, 0.3) is 0 Å². The maximum Gasteiger partial charge on any atom is 0.218 e. The Morgan fingerprint density at radius 1 is 0.368 bits per heavy atom. The molecule has 0 saturated heterocycles. The first-order valence-electron chi connectivity index (χ1n) is 12.9. The van der Waals surface area contributed by atoms with Gasteiger partial charge in [-0.1, -0.05) is 140 Å². The van der Waals surface area contributed by atoms with Crippen molar-refractivity contribution in [3.05, 3.63) is 173 Å². The molecule has 1 heterocycles. The molecule has 0 bridgehead atoms. The molecule has 0 aliphatic carbocycles. The van der Waals surface area contributed by atoms with Crippen LogP contribution in [-0.2, 0) is 0 Å². The highest BCUT2D eigenvalue weighted by Crippen LogP contribution is 2.21. The number of pyridine rings is 1. The third-order valence-electron chi connectivity index (χ3n) is 6.24. The summed E-state index contributed by atoms with van der Waals surface area (Å²) in [6, 6.07) is 43.9. The summed E-state index contributed by atoms with van der Waals surface area (Å²) >= 11 is 0. The van der Waals surface area contributed by atoms with E-state index >= 15 is 0 Å². The summed E-state index contributed by atoms with van der Waals surface area (Å²) in [5, 5.41) is 0. The number of hydrogen-bond acceptors (Lipinski definition) is 0. The zero-order chi connectivity index (χ0) is 25.8. The van der Waals surface area contributed by atoms with Crippen molar-refractivity contribution >= 4 is 48.7 Å². The molecular formula is C37H30N+. The molecule has 0 saturated carbocycles. The second-order valence-electron chi connectivity index (χ2n) is 8.94. The summed E-state index contributed by atoms with van der Waals surface area (Å²) in [6.07, 6.45) is 19.6. The summed E-state index contributed by atoms with van der Waals surface area (Å²) < 4.78 is 2.19. The van der Waals surface area contributed by atoms with Gasteiger partial charge in [0.05, 0.1) is 5.56 Å². The van der Waals surface area contributed by atoms with Gasteiger partial charge in [0, 0.05) is 18.2 Å². The van der Waals surface area contributed by atoms with Crippen molar-refractivity contribution in [2.45, 2.75) is 0 Å². The molecule has 4 aromatic carbocycles. The second kappa shape index (κ2) is 12.8. The summed E-state index contributed by atoms with van der Waals surface area (Å²) in [5.74, 6) is 0. The second-order valence-corrected chi connectivity index (χ2v) is 8.94. The molecule has 0 atom stereocenters. The van der Waals surface area contributed by atoms with Crippen LogP contribution in [0.4, 0.5) is 0 Å². The fourth-order valence-corrected chi connectivity index (χ4v) is 4.21. The number of aromatic nitrogens is 1. The van der Waals surface area contributed by atoms with Gasteiger partial charge in [-0.25, -0.2) is 0 Å². The summed E-state index contributed by atoms with van der Waals surface area (Å²) in [5.41, 5.74) is 8.06. The molecule has 182 valence electrons. The summed E-state index contributed by atoms with van der Waals surface area (Å²) in [7, 11) is 0. The Bertz CT molecular complexity index is 1440. The van der Waals surface area contributed by atoms with Crippen LogP contribution in [0.15, 0.2) is 134 Å². The highest BCUT2D eigenvalue weighted by atomic mass is 14.9. The minimum atomic E-state index is 1.10. The predicted molar refractivity (Wildman–Crippen MR) is 164 cm³/mol. The number of benzene rings is 4. The summed E-state index contributed by atoms with van der Waals surface area (Å²) in [6.45, 7) is 0. The zero-order valence-electron chi connectivity index (χ0n) is 21.3. The molecule has 0 amide bonds. The smallest absolute Gasteiger partial charge is 0.167 e. The van der Waals surface area contributed by atoms with Crippen LogP contribution < -0.4 is 4.57 Å². The summed E-state index contributed by atoms with van der Waals surface area (Å²) in [4.78, 5) is 0. The SMILES string of the molecule is C(=Cc1cc[n+](C=Cc2ccccc2)c(C=Cc2ccccc2)c1C=Cc1ccccc1)c1ccccc1. The van der Waals surface area contributed by atoms with Crippen LogP contribution in [0.5, 0.6) is 0 Å². The standard InChI is InChI=1S/C37H30N/c1-5-13-31(14-6-1)21-24-35-28-30-38(29-27-34-19-11-4-12-20-34)37(26-23-33-17-9-3-10-18-33)36(35)25-22-32-15-7-2-8-16-32/h1-30H/q+1. The first kappa shape index (κ1) is 24.7. The number of rotatable bonds is 8. The maximum absolute atomic E-state index is 2.22. The Morgan fingerprint density at radius 3 is 1.29 bits per heavy atom. The number of nitrogens with zero attached hydrogens (tertiary/aromatic N) is 1. The van der Waals surface area contributed by atoms with Gasteiger partial charge < -0.3 is 0 Å². The molecule has 0 fully saturated rings. The lowest BCUT2D eigenvalue weighted by molar-refractivity contribution is -0.569. The minimum absolute atomic E-state index is 1.10. The molecule has 5 rings (SSSR count). The Labute approximate surface area is 225 Å². The first-order chi connectivity index (χ1) is 18.8. The van der Waals surface area contributed by atoms with Crippen LogP contribution in [0.1, 0.15) is 39.1 Å².